The monoisotopic (exact) mass is 452 g/mol. The van der Waals surface area contributed by atoms with E-state index < -0.39 is 10.0 Å². The zero-order valence-corrected chi connectivity index (χ0v) is 18.9. The van der Waals surface area contributed by atoms with Crippen LogP contribution in [0.5, 0.6) is 5.75 Å². The molecular weight excluding hydrogens is 424 g/mol. The maximum Gasteiger partial charge on any atom is 0.240 e. The Kier molecular flexibility index (Phi) is 7.04. The van der Waals surface area contributed by atoms with Crippen molar-refractivity contribution in [2.24, 2.45) is 0 Å². The van der Waals surface area contributed by atoms with E-state index in [4.69, 9.17) is 4.74 Å². The summed E-state index contributed by atoms with van der Waals surface area (Å²) >= 11 is 0. The molecule has 0 aliphatic carbocycles. The number of rotatable bonds is 8. The topological polar surface area (TPSA) is 74.8 Å². The van der Waals surface area contributed by atoms with Crippen LogP contribution in [0.1, 0.15) is 11.6 Å². The van der Waals surface area contributed by atoms with Crippen LogP contribution < -0.4 is 14.4 Å². The van der Waals surface area contributed by atoms with E-state index in [1.165, 1.54) is 0 Å². The van der Waals surface area contributed by atoms with E-state index in [0.29, 0.717) is 0 Å². The van der Waals surface area contributed by atoms with Crippen molar-refractivity contribution in [3.8, 4) is 5.75 Å². The molecule has 1 aliphatic rings. The number of nitrogens with one attached hydrogen (secondary N) is 1. The Morgan fingerprint density at radius 2 is 1.69 bits per heavy atom. The molecule has 3 aromatic rings. The van der Waals surface area contributed by atoms with Gasteiger partial charge < -0.3 is 9.64 Å². The van der Waals surface area contributed by atoms with Crippen LogP contribution in [0.15, 0.2) is 84.0 Å². The lowest BCUT2D eigenvalue weighted by molar-refractivity contribution is 0.186. The number of anilines is 1. The van der Waals surface area contributed by atoms with Crippen molar-refractivity contribution in [2.75, 3.05) is 44.7 Å². The molecule has 0 radical (unpaired) electrons. The van der Waals surface area contributed by atoms with E-state index in [0.717, 1.165) is 43.2 Å². The molecule has 0 spiro atoms. The Morgan fingerprint density at radius 1 is 0.969 bits per heavy atom. The number of hydrogen-bond donors (Lipinski definition) is 1. The molecule has 8 heteroatoms. The van der Waals surface area contributed by atoms with Crippen molar-refractivity contribution in [1.29, 1.82) is 0 Å². The highest BCUT2D eigenvalue weighted by molar-refractivity contribution is 7.89. The first-order valence-electron chi connectivity index (χ1n) is 10.6. The van der Waals surface area contributed by atoms with Crippen molar-refractivity contribution >= 4 is 15.7 Å². The average Bonchev–Trinajstić information content (AvgIpc) is 2.86. The summed E-state index contributed by atoms with van der Waals surface area (Å²) in [4.78, 5) is 9.19. The third kappa shape index (κ3) is 5.27. The summed E-state index contributed by atoms with van der Waals surface area (Å²) in [6, 6.07) is 20.4. The van der Waals surface area contributed by atoms with E-state index in [2.05, 4.69) is 31.6 Å². The number of ether oxygens (including phenoxy) is 1. The minimum absolute atomic E-state index is 0.0970. The van der Waals surface area contributed by atoms with E-state index in [1.54, 1.807) is 43.6 Å². The lowest BCUT2D eigenvalue weighted by atomic mass is 10.1. The third-order valence-electron chi connectivity index (χ3n) is 5.78. The fourth-order valence-electron chi connectivity index (χ4n) is 3.99. The van der Waals surface area contributed by atoms with E-state index in [-0.39, 0.29) is 17.5 Å². The Hall–Kier alpha value is -2.94. The SMILES string of the molecule is COc1ccc(N2CCN([C@H](CNS(=O)(=O)c3ccccc3)c3cccnc3)CC2)cc1. The van der Waals surface area contributed by atoms with Crippen LogP contribution in [0.4, 0.5) is 5.69 Å². The highest BCUT2D eigenvalue weighted by Crippen LogP contribution is 2.25. The summed E-state index contributed by atoms with van der Waals surface area (Å²) < 4.78 is 33.6. The molecule has 4 rings (SSSR count). The standard InChI is InChI=1S/C24H28N4O3S/c1-31-22-11-9-21(10-12-22)27-14-16-28(17-15-27)24(20-6-5-13-25-18-20)19-26-32(29,30)23-7-3-2-4-8-23/h2-13,18,24,26H,14-17,19H2,1H3/t24-/m1/s1. The largest absolute Gasteiger partial charge is 0.497 e. The van der Waals surface area contributed by atoms with Crippen molar-refractivity contribution in [3.05, 3.63) is 84.7 Å². The lowest BCUT2D eigenvalue weighted by Crippen LogP contribution is -2.49. The Labute approximate surface area is 189 Å². The van der Waals surface area contributed by atoms with Crippen molar-refractivity contribution in [2.45, 2.75) is 10.9 Å². The fraction of sp³-hybridized carbons (Fsp3) is 0.292. The molecule has 0 amide bonds. The summed E-state index contributed by atoms with van der Waals surface area (Å²) in [5.74, 6) is 0.842. The Balaban J connectivity index is 1.46. The molecule has 0 unspecified atom stereocenters. The van der Waals surface area contributed by atoms with E-state index in [1.807, 2.05) is 30.5 Å². The lowest BCUT2D eigenvalue weighted by Gasteiger charge is -2.40. The van der Waals surface area contributed by atoms with Gasteiger partial charge in [-0.25, -0.2) is 13.1 Å². The van der Waals surface area contributed by atoms with E-state index >= 15 is 0 Å². The van der Waals surface area contributed by atoms with Gasteiger partial charge in [0.05, 0.1) is 18.0 Å². The van der Waals surface area contributed by atoms with Crippen LogP contribution in [0.25, 0.3) is 0 Å². The second-order valence-electron chi connectivity index (χ2n) is 7.69. The van der Waals surface area contributed by atoms with Crippen LogP contribution in [0.2, 0.25) is 0 Å². The fourth-order valence-corrected chi connectivity index (χ4v) is 5.05. The number of nitrogens with zero attached hydrogens (tertiary/aromatic N) is 3. The quantitative estimate of drug-likeness (QED) is 0.567. The molecule has 0 bridgehead atoms. The molecule has 32 heavy (non-hydrogen) atoms. The number of benzene rings is 2. The summed E-state index contributed by atoms with van der Waals surface area (Å²) in [6.07, 6.45) is 3.55. The van der Waals surface area contributed by atoms with Gasteiger partial charge in [0.1, 0.15) is 5.75 Å². The van der Waals surface area contributed by atoms with Gasteiger partial charge in [0.2, 0.25) is 10.0 Å². The minimum atomic E-state index is -3.58. The highest BCUT2D eigenvalue weighted by Gasteiger charge is 2.27. The predicted molar refractivity (Wildman–Crippen MR) is 125 cm³/mol. The molecule has 0 saturated carbocycles. The molecule has 1 aromatic heterocycles. The molecule has 1 saturated heterocycles. The molecule has 1 fully saturated rings. The molecule has 2 aromatic carbocycles. The highest BCUT2D eigenvalue weighted by atomic mass is 32.2. The third-order valence-corrected chi connectivity index (χ3v) is 7.22. The average molecular weight is 453 g/mol. The Bertz CT molecular complexity index is 1090. The number of methoxy groups -OCH3 is 1. The molecule has 168 valence electrons. The minimum Gasteiger partial charge on any atom is -0.497 e. The second-order valence-corrected chi connectivity index (χ2v) is 9.46. The second kappa shape index (κ2) is 10.1. The van der Waals surface area contributed by atoms with Gasteiger partial charge in [0, 0.05) is 50.8 Å². The number of sulfonamides is 1. The number of pyridine rings is 1. The summed E-state index contributed by atoms with van der Waals surface area (Å²) in [5, 5.41) is 0. The molecular formula is C24H28N4O3S. The van der Waals surface area contributed by atoms with Gasteiger partial charge in [-0.15, -0.1) is 0 Å². The molecule has 1 aliphatic heterocycles. The van der Waals surface area contributed by atoms with Gasteiger partial charge in [0.25, 0.3) is 0 Å². The van der Waals surface area contributed by atoms with Gasteiger partial charge in [-0.05, 0) is 48.0 Å². The van der Waals surface area contributed by atoms with Crippen LogP contribution in [0.3, 0.4) is 0 Å². The molecule has 1 atom stereocenters. The summed E-state index contributed by atoms with van der Waals surface area (Å²) in [7, 11) is -1.92. The van der Waals surface area contributed by atoms with Crippen LogP contribution in [-0.4, -0.2) is 58.1 Å². The van der Waals surface area contributed by atoms with Crippen LogP contribution in [-0.2, 0) is 10.0 Å². The van der Waals surface area contributed by atoms with Gasteiger partial charge in [-0.1, -0.05) is 24.3 Å². The molecule has 7 nitrogen and oxygen atoms in total. The normalized spacial score (nSPS) is 16.0. The zero-order chi connectivity index (χ0) is 22.4. The van der Waals surface area contributed by atoms with E-state index in [9.17, 15) is 8.42 Å². The first-order valence-corrected chi connectivity index (χ1v) is 12.1. The van der Waals surface area contributed by atoms with Gasteiger partial charge >= 0.3 is 0 Å². The summed E-state index contributed by atoms with van der Waals surface area (Å²) in [5.41, 5.74) is 2.16. The van der Waals surface area contributed by atoms with Gasteiger partial charge in [0.15, 0.2) is 0 Å². The Morgan fingerprint density at radius 3 is 2.31 bits per heavy atom. The smallest absolute Gasteiger partial charge is 0.240 e. The van der Waals surface area contributed by atoms with Crippen molar-refractivity contribution < 1.29 is 13.2 Å². The predicted octanol–water partition coefficient (Wildman–Crippen LogP) is 2.93. The zero-order valence-electron chi connectivity index (χ0n) is 18.1. The van der Waals surface area contributed by atoms with Gasteiger partial charge in [-0.2, -0.15) is 0 Å². The van der Waals surface area contributed by atoms with Crippen molar-refractivity contribution in [3.63, 3.8) is 0 Å². The number of piperazine rings is 1. The molecule has 2 heterocycles. The molecule has 1 N–H and O–H groups in total. The van der Waals surface area contributed by atoms with Crippen molar-refractivity contribution in [1.82, 2.24) is 14.6 Å². The van der Waals surface area contributed by atoms with Crippen LogP contribution in [0, 0.1) is 0 Å². The maximum atomic E-state index is 12.8. The first kappa shape index (κ1) is 22.3. The summed E-state index contributed by atoms with van der Waals surface area (Å²) in [6.45, 7) is 3.63. The van der Waals surface area contributed by atoms with Gasteiger partial charge in [-0.3, -0.25) is 9.88 Å². The maximum absolute atomic E-state index is 12.8. The number of hydrogen-bond acceptors (Lipinski definition) is 6. The first-order chi connectivity index (χ1) is 15.6. The number of aromatic nitrogens is 1. The van der Waals surface area contributed by atoms with Crippen LogP contribution >= 0.6 is 0 Å².